The molecular weight excluding hydrogens is 530 g/mol. The highest BCUT2D eigenvalue weighted by molar-refractivity contribution is 7.98. The van der Waals surface area contributed by atoms with Gasteiger partial charge in [0.05, 0.1) is 13.0 Å². The lowest BCUT2D eigenvalue weighted by molar-refractivity contribution is -0.144. The molecule has 0 aromatic heterocycles. The number of aryl methyl sites for hydroxylation is 2. The van der Waals surface area contributed by atoms with Crippen molar-refractivity contribution in [2.45, 2.75) is 98.3 Å². The standard InChI is InChI=1S/C30H49N3O6S/c1-9-11-12-18-33(28(36)24(16-19-40-8)32-29(37)39-30(5,6)7)26(23-20-21(3)13-14-22(23)4)27(35)31-17-15-25(34)38-10-2/h13-14,20,24,26H,9-12,15-19H2,1-8H3,(H,31,35)(H,32,37). The van der Waals surface area contributed by atoms with Gasteiger partial charge in [-0.3, -0.25) is 14.4 Å². The number of amides is 3. The minimum Gasteiger partial charge on any atom is -0.466 e. The van der Waals surface area contributed by atoms with Crippen LogP contribution in [0.3, 0.4) is 0 Å². The Kier molecular flexibility index (Phi) is 15.7. The van der Waals surface area contributed by atoms with Gasteiger partial charge in [0.2, 0.25) is 11.8 Å². The van der Waals surface area contributed by atoms with Crippen LogP contribution in [0.15, 0.2) is 18.2 Å². The van der Waals surface area contributed by atoms with E-state index in [1.807, 2.05) is 38.3 Å². The molecule has 0 heterocycles. The summed E-state index contributed by atoms with van der Waals surface area (Å²) in [6.07, 6.45) is 4.18. The van der Waals surface area contributed by atoms with Crippen molar-refractivity contribution in [1.82, 2.24) is 15.5 Å². The van der Waals surface area contributed by atoms with E-state index < -0.39 is 29.7 Å². The number of rotatable bonds is 16. The van der Waals surface area contributed by atoms with Crippen LogP contribution in [0.5, 0.6) is 0 Å². The average Bonchev–Trinajstić information content (AvgIpc) is 2.86. The number of ether oxygens (including phenoxy) is 2. The third-order valence-electron chi connectivity index (χ3n) is 6.11. The summed E-state index contributed by atoms with van der Waals surface area (Å²) in [5.74, 6) is -0.499. The topological polar surface area (TPSA) is 114 Å². The van der Waals surface area contributed by atoms with Crippen LogP contribution < -0.4 is 10.6 Å². The van der Waals surface area contributed by atoms with E-state index >= 15 is 0 Å². The quantitative estimate of drug-likeness (QED) is 0.207. The number of carbonyl (C=O) groups excluding carboxylic acids is 4. The van der Waals surface area contributed by atoms with Crippen molar-refractivity contribution in [2.24, 2.45) is 0 Å². The first kappa shape index (κ1) is 35.3. The van der Waals surface area contributed by atoms with E-state index in [4.69, 9.17) is 9.47 Å². The first-order chi connectivity index (χ1) is 18.8. The summed E-state index contributed by atoms with van der Waals surface area (Å²) >= 11 is 1.57. The second-order valence-corrected chi connectivity index (χ2v) is 11.8. The molecule has 1 rings (SSSR count). The zero-order valence-electron chi connectivity index (χ0n) is 25.6. The van der Waals surface area contributed by atoms with E-state index in [0.29, 0.717) is 30.7 Å². The Labute approximate surface area is 244 Å². The van der Waals surface area contributed by atoms with Gasteiger partial charge < -0.3 is 25.0 Å². The van der Waals surface area contributed by atoms with Crippen LogP contribution >= 0.6 is 11.8 Å². The van der Waals surface area contributed by atoms with Crippen LogP contribution in [0.2, 0.25) is 0 Å². The largest absolute Gasteiger partial charge is 0.466 e. The van der Waals surface area contributed by atoms with Gasteiger partial charge in [-0.2, -0.15) is 11.8 Å². The summed E-state index contributed by atoms with van der Waals surface area (Å²) in [6.45, 7) is 13.6. The molecule has 2 unspecified atom stereocenters. The third kappa shape index (κ3) is 12.6. The first-order valence-electron chi connectivity index (χ1n) is 14.1. The van der Waals surface area contributed by atoms with Crippen LogP contribution in [0, 0.1) is 13.8 Å². The maximum Gasteiger partial charge on any atom is 0.408 e. The van der Waals surface area contributed by atoms with E-state index in [1.165, 1.54) is 0 Å². The summed E-state index contributed by atoms with van der Waals surface area (Å²) in [7, 11) is 0. The average molecular weight is 580 g/mol. The van der Waals surface area contributed by atoms with Crippen molar-refractivity contribution in [3.8, 4) is 0 Å². The van der Waals surface area contributed by atoms with Crippen molar-refractivity contribution >= 4 is 35.6 Å². The molecule has 0 aliphatic carbocycles. The smallest absolute Gasteiger partial charge is 0.408 e. The fourth-order valence-electron chi connectivity index (χ4n) is 4.16. The molecule has 0 saturated heterocycles. The molecule has 0 radical (unpaired) electrons. The van der Waals surface area contributed by atoms with Crippen LogP contribution in [0.4, 0.5) is 4.79 Å². The van der Waals surface area contributed by atoms with E-state index in [0.717, 1.165) is 24.0 Å². The van der Waals surface area contributed by atoms with E-state index in [2.05, 4.69) is 17.6 Å². The Morgan fingerprint density at radius 2 is 1.77 bits per heavy atom. The number of unbranched alkanes of at least 4 members (excludes halogenated alkanes) is 2. The van der Waals surface area contributed by atoms with E-state index in [-0.39, 0.29) is 31.4 Å². The van der Waals surface area contributed by atoms with Crippen molar-refractivity contribution in [3.63, 3.8) is 0 Å². The number of thioether (sulfide) groups is 1. The second kappa shape index (κ2) is 17.8. The lowest BCUT2D eigenvalue weighted by Crippen LogP contribution is -2.53. The van der Waals surface area contributed by atoms with Gasteiger partial charge in [-0.05, 0) is 77.5 Å². The van der Waals surface area contributed by atoms with E-state index in [9.17, 15) is 19.2 Å². The lowest BCUT2D eigenvalue weighted by atomic mass is 9.95. The Morgan fingerprint density at radius 3 is 2.38 bits per heavy atom. The van der Waals surface area contributed by atoms with E-state index in [1.54, 1.807) is 44.4 Å². The molecule has 9 nitrogen and oxygen atoms in total. The molecule has 3 amide bonds. The number of esters is 1. The Bertz CT molecular complexity index is 979. The fourth-order valence-corrected chi connectivity index (χ4v) is 4.64. The van der Waals surface area contributed by atoms with Crippen LogP contribution in [0.25, 0.3) is 0 Å². The summed E-state index contributed by atoms with van der Waals surface area (Å²) in [4.78, 5) is 54.2. The number of carbonyl (C=O) groups is 4. The number of alkyl carbamates (subject to hydrolysis) is 1. The zero-order valence-corrected chi connectivity index (χ0v) is 26.4. The molecule has 0 aliphatic rings. The molecule has 40 heavy (non-hydrogen) atoms. The SMILES string of the molecule is CCCCCN(C(=O)C(CCSC)NC(=O)OC(C)(C)C)C(C(=O)NCCC(=O)OCC)c1cc(C)ccc1C. The maximum atomic E-state index is 14.2. The molecule has 0 saturated carbocycles. The minimum atomic E-state index is -0.941. The molecule has 0 spiro atoms. The van der Waals surface area contributed by atoms with Gasteiger partial charge in [0.25, 0.3) is 0 Å². The van der Waals surface area contributed by atoms with Crippen molar-refractivity contribution in [2.75, 3.05) is 31.7 Å². The number of hydrogen-bond acceptors (Lipinski definition) is 7. The number of hydrogen-bond donors (Lipinski definition) is 2. The lowest BCUT2D eigenvalue weighted by Gasteiger charge is -2.35. The summed E-state index contributed by atoms with van der Waals surface area (Å²) in [6, 6.07) is 4.00. The molecule has 0 aliphatic heterocycles. The highest BCUT2D eigenvalue weighted by Gasteiger charge is 2.36. The number of nitrogens with zero attached hydrogens (tertiary/aromatic N) is 1. The van der Waals surface area contributed by atoms with Crippen molar-refractivity contribution < 1.29 is 28.7 Å². The summed E-state index contributed by atoms with van der Waals surface area (Å²) in [5.41, 5.74) is 1.80. The van der Waals surface area contributed by atoms with Gasteiger partial charge in [0, 0.05) is 13.1 Å². The van der Waals surface area contributed by atoms with Crippen LogP contribution in [-0.4, -0.2) is 72.1 Å². The normalized spacial score (nSPS) is 12.7. The third-order valence-corrected chi connectivity index (χ3v) is 6.75. The highest BCUT2D eigenvalue weighted by Crippen LogP contribution is 2.28. The van der Waals surface area contributed by atoms with Gasteiger partial charge in [-0.1, -0.05) is 43.5 Å². The fraction of sp³-hybridized carbons (Fsp3) is 0.667. The van der Waals surface area contributed by atoms with Crippen molar-refractivity contribution in [1.29, 1.82) is 0 Å². The molecule has 0 bridgehead atoms. The van der Waals surface area contributed by atoms with Gasteiger partial charge in [0.1, 0.15) is 17.7 Å². The molecule has 1 aromatic rings. The van der Waals surface area contributed by atoms with Crippen LogP contribution in [0.1, 0.15) is 89.5 Å². The second-order valence-electron chi connectivity index (χ2n) is 10.8. The highest BCUT2D eigenvalue weighted by atomic mass is 32.2. The number of nitrogens with one attached hydrogen (secondary N) is 2. The van der Waals surface area contributed by atoms with Gasteiger partial charge in [-0.25, -0.2) is 4.79 Å². The zero-order chi connectivity index (χ0) is 30.3. The summed E-state index contributed by atoms with van der Waals surface area (Å²) < 4.78 is 10.4. The Hall–Kier alpha value is -2.75. The maximum absolute atomic E-state index is 14.2. The monoisotopic (exact) mass is 579 g/mol. The first-order valence-corrected chi connectivity index (χ1v) is 15.5. The summed E-state index contributed by atoms with van der Waals surface area (Å²) in [5, 5.41) is 5.61. The molecule has 10 heteroatoms. The molecule has 226 valence electrons. The minimum absolute atomic E-state index is 0.0272. The Morgan fingerprint density at radius 1 is 1.07 bits per heavy atom. The van der Waals surface area contributed by atoms with Crippen LogP contribution in [-0.2, 0) is 23.9 Å². The predicted octanol–water partition coefficient (Wildman–Crippen LogP) is 5.08. The molecule has 1 aromatic carbocycles. The molecular formula is C30H49N3O6S. The van der Waals surface area contributed by atoms with Gasteiger partial charge in [-0.15, -0.1) is 0 Å². The Balaban J connectivity index is 3.49. The van der Waals surface area contributed by atoms with Gasteiger partial charge in [0.15, 0.2) is 0 Å². The molecule has 2 N–H and O–H groups in total. The molecule has 0 fully saturated rings. The van der Waals surface area contributed by atoms with Gasteiger partial charge >= 0.3 is 12.1 Å². The number of benzene rings is 1. The predicted molar refractivity (Wildman–Crippen MR) is 160 cm³/mol. The molecule has 2 atom stereocenters. The van der Waals surface area contributed by atoms with Crippen molar-refractivity contribution in [3.05, 3.63) is 34.9 Å².